The van der Waals surface area contributed by atoms with E-state index in [1.54, 1.807) is 13.8 Å². The number of carboxylic acid groups (broad SMARTS) is 1. The molecular formula is C16H24N4O5. The molecule has 2 bridgehead atoms. The van der Waals surface area contributed by atoms with Gasteiger partial charge in [-0.25, -0.2) is 4.79 Å². The highest BCUT2D eigenvalue weighted by atomic mass is 16.5. The fraction of sp³-hybridized carbons (Fsp3) is 0.750. The maximum absolute atomic E-state index is 13.1. The van der Waals surface area contributed by atoms with E-state index in [2.05, 4.69) is 4.99 Å². The Morgan fingerprint density at radius 3 is 2.24 bits per heavy atom. The third-order valence-electron chi connectivity index (χ3n) is 6.24. The van der Waals surface area contributed by atoms with Gasteiger partial charge < -0.3 is 21.3 Å². The third-order valence-corrected chi connectivity index (χ3v) is 6.24. The second-order valence-corrected chi connectivity index (χ2v) is 7.38. The maximum Gasteiger partial charge on any atom is 0.326 e. The number of imide groups is 1. The summed E-state index contributed by atoms with van der Waals surface area (Å²) in [7, 11) is 0. The Balaban J connectivity index is 1.86. The van der Waals surface area contributed by atoms with Crippen LogP contribution >= 0.6 is 0 Å². The number of fused-ring (bicyclic) bond motifs is 5. The van der Waals surface area contributed by atoms with Crippen LogP contribution in [0.2, 0.25) is 0 Å². The van der Waals surface area contributed by atoms with E-state index in [1.165, 1.54) is 0 Å². The van der Waals surface area contributed by atoms with Crippen molar-refractivity contribution in [3.8, 4) is 0 Å². The summed E-state index contributed by atoms with van der Waals surface area (Å²) in [4.78, 5) is 42.7. The summed E-state index contributed by atoms with van der Waals surface area (Å²) >= 11 is 0. The normalized spacial score (nSPS) is 37.3. The molecule has 2 amide bonds. The van der Waals surface area contributed by atoms with Crippen molar-refractivity contribution in [1.82, 2.24) is 4.90 Å². The van der Waals surface area contributed by atoms with E-state index in [1.807, 2.05) is 0 Å². The number of nitrogens with two attached hydrogens (primary N) is 2. The molecule has 3 aliphatic rings. The summed E-state index contributed by atoms with van der Waals surface area (Å²) in [5.41, 5.74) is 8.50. The molecule has 0 aromatic rings. The molecule has 3 rings (SSSR count). The van der Waals surface area contributed by atoms with Crippen LogP contribution in [0.25, 0.3) is 0 Å². The topological polar surface area (TPSA) is 148 Å². The second-order valence-electron chi connectivity index (χ2n) is 7.38. The van der Waals surface area contributed by atoms with Crippen LogP contribution in [-0.2, 0) is 19.1 Å². The minimum Gasteiger partial charge on any atom is -0.480 e. The number of carbonyl (C=O) groups excluding carboxylic acids is 2. The molecule has 5 atom stereocenters. The van der Waals surface area contributed by atoms with Gasteiger partial charge in [0.15, 0.2) is 5.96 Å². The van der Waals surface area contributed by atoms with E-state index >= 15 is 0 Å². The van der Waals surface area contributed by atoms with Crippen LogP contribution in [0.3, 0.4) is 0 Å². The lowest BCUT2D eigenvalue weighted by Crippen LogP contribution is -2.48. The van der Waals surface area contributed by atoms with Crippen molar-refractivity contribution in [3.05, 3.63) is 0 Å². The van der Waals surface area contributed by atoms with E-state index in [-0.39, 0.29) is 31.1 Å². The van der Waals surface area contributed by atoms with Gasteiger partial charge in [-0.05, 0) is 39.5 Å². The van der Waals surface area contributed by atoms with Gasteiger partial charge in [0.2, 0.25) is 11.8 Å². The molecule has 3 saturated heterocycles. The van der Waals surface area contributed by atoms with Crippen LogP contribution in [0, 0.1) is 10.8 Å². The number of likely N-dealkylation sites (tertiary alicyclic amines) is 1. The first kappa shape index (κ1) is 17.7. The molecule has 0 aromatic heterocycles. The predicted octanol–water partition coefficient (Wildman–Crippen LogP) is -0.564. The summed E-state index contributed by atoms with van der Waals surface area (Å²) in [5.74, 6) is -2.17. The van der Waals surface area contributed by atoms with Crippen LogP contribution in [0.4, 0.5) is 0 Å². The largest absolute Gasteiger partial charge is 0.480 e. The zero-order chi connectivity index (χ0) is 18.6. The molecule has 3 heterocycles. The van der Waals surface area contributed by atoms with Crippen molar-refractivity contribution in [3.63, 3.8) is 0 Å². The molecule has 25 heavy (non-hydrogen) atoms. The first-order valence-corrected chi connectivity index (χ1v) is 8.47. The smallest absolute Gasteiger partial charge is 0.326 e. The Labute approximate surface area is 145 Å². The summed E-state index contributed by atoms with van der Waals surface area (Å²) in [6, 6.07) is -1.21. The molecule has 0 aliphatic carbocycles. The van der Waals surface area contributed by atoms with Crippen molar-refractivity contribution in [1.29, 1.82) is 0 Å². The minimum absolute atomic E-state index is 0.0801. The molecule has 138 valence electrons. The van der Waals surface area contributed by atoms with Gasteiger partial charge in [-0.15, -0.1) is 0 Å². The summed E-state index contributed by atoms with van der Waals surface area (Å²) in [6.07, 6.45) is 1.21. The molecule has 5 N–H and O–H groups in total. The monoisotopic (exact) mass is 352 g/mol. The average Bonchev–Trinajstić information content (AvgIpc) is 3.15. The minimum atomic E-state index is -1.21. The molecule has 9 nitrogen and oxygen atoms in total. The van der Waals surface area contributed by atoms with Gasteiger partial charge in [0, 0.05) is 6.54 Å². The van der Waals surface area contributed by atoms with E-state index in [0.717, 1.165) is 4.90 Å². The Morgan fingerprint density at radius 1 is 1.28 bits per heavy atom. The molecule has 0 radical (unpaired) electrons. The van der Waals surface area contributed by atoms with Gasteiger partial charge in [0.25, 0.3) is 0 Å². The lowest BCUT2D eigenvalue weighted by Gasteiger charge is -2.36. The van der Waals surface area contributed by atoms with Crippen molar-refractivity contribution >= 4 is 23.7 Å². The van der Waals surface area contributed by atoms with Gasteiger partial charge in [-0.3, -0.25) is 19.5 Å². The molecule has 3 aliphatic heterocycles. The van der Waals surface area contributed by atoms with Gasteiger partial charge in [-0.2, -0.15) is 0 Å². The highest BCUT2D eigenvalue weighted by Gasteiger charge is 2.77. The quantitative estimate of drug-likeness (QED) is 0.251. The first-order valence-electron chi connectivity index (χ1n) is 8.47. The van der Waals surface area contributed by atoms with E-state index < -0.39 is 34.7 Å². The standard InChI is InChI=1S/C16H24N4O5/c1-15-9-5-6-10(25-9)16(15,2)13(24)20(12(15)23)8(11(21)22)4-3-7-19-14(17)18/h8-10H,3-7H2,1-2H3,(H,21,22)(H4,17,18,19)/t8-,9-,10+,15+,16-/m1/s1. The summed E-state index contributed by atoms with van der Waals surface area (Å²) < 4.78 is 5.84. The molecule has 0 aromatic carbocycles. The number of aliphatic carboxylic acids is 1. The predicted molar refractivity (Wildman–Crippen MR) is 87.3 cm³/mol. The number of guanidine groups is 1. The molecule has 0 spiro atoms. The van der Waals surface area contributed by atoms with Crippen molar-refractivity contribution in [2.45, 2.75) is 57.8 Å². The second kappa shape index (κ2) is 5.69. The molecule has 3 fully saturated rings. The van der Waals surface area contributed by atoms with Crippen LogP contribution in [0.5, 0.6) is 0 Å². The lowest BCUT2D eigenvalue weighted by atomic mass is 9.59. The zero-order valence-electron chi connectivity index (χ0n) is 14.4. The number of hydrogen-bond acceptors (Lipinski definition) is 5. The summed E-state index contributed by atoms with van der Waals surface area (Å²) in [5, 5.41) is 9.59. The lowest BCUT2D eigenvalue weighted by molar-refractivity contribution is -0.158. The van der Waals surface area contributed by atoms with Crippen molar-refractivity contribution in [2.75, 3.05) is 6.54 Å². The number of carboxylic acids is 1. The molecule has 0 unspecified atom stereocenters. The third kappa shape index (κ3) is 2.18. The molecule has 0 saturated carbocycles. The highest BCUT2D eigenvalue weighted by Crippen LogP contribution is 2.64. The van der Waals surface area contributed by atoms with E-state index in [0.29, 0.717) is 19.3 Å². The Hall–Kier alpha value is -2.16. The van der Waals surface area contributed by atoms with E-state index in [9.17, 15) is 19.5 Å². The fourth-order valence-corrected chi connectivity index (χ4v) is 4.61. The SMILES string of the molecule is C[C@@]12C(=O)N([C@H](CCCN=C(N)N)C(=O)O)C(=O)[C@]1(C)[C@H]1CC[C@@H]2O1. The van der Waals surface area contributed by atoms with Crippen molar-refractivity contribution < 1.29 is 24.2 Å². The van der Waals surface area contributed by atoms with Gasteiger partial charge in [0.1, 0.15) is 6.04 Å². The Bertz CT molecular complexity index is 627. The number of nitrogens with zero attached hydrogens (tertiary/aromatic N) is 2. The van der Waals surface area contributed by atoms with Gasteiger partial charge in [-0.1, -0.05) is 0 Å². The number of ether oxygens (including phenoxy) is 1. The Kier molecular flexibility index (Phi) is 4.02. The fourth-order valence-electron chi connectivity index (χ4n) is 4.61. The first-order chi connectivity index (χ1) is 11.7. The zero-order valence-corrected chi connectivity index (χ0v) is 14.4. The van der Waals surface area contributed by atoms with Crippen LogP contribution < -0.4 is 11.5 Å². The van der Waals surface area contributed by atoms with Gasteiger partial charge in [0.05, 0.1) is 23.0 Å². The number of carbonyl (C=O) groups is 3. The molecule has 9 heteroatoms. The van der Waals surface area contributed by atoms with Crippen LogP contribution in [-0.4, -0.2) is 58.5 Å². The van der Waals surface area contributed by atoms with Crippen molar-refractivity contribution in [2.24, 2.45) is 27.3 Å². The summed E-state index contributed by atoms with van der Waals surface area (Å²) in [6.45, 7) is 3.70. The van der Waals surface area contributed by atoms with E-state index in [4.69, 9.17) is 16.2 Å². The number of amides is 2. The number of hydrogen-bond donors (Lipinski definition) is 3. The number of rotatable bonds is 6. The number of aliphatic imine (C=N–C) groups is 1. The average molecular weight is 352 g/mol. The molecular weight excluding hydrogens is 328 g/mol. The van der Waals surface area contributed by atoms with Gasteiger partial charge >= 0.3 is 5.97 Å². The Morgan fingerprint density at radius 2 is 1.80 bits per heavy atom. The maximum atomic E-state index is 13.1. The van der Waals surface area contributed by atoms with Crippen LogP contribution in [0.1, 0.15) is 39.5 Å². The van der Waals surface area contributed by atoms with Crippen LogP contribution in [0.15, 0.2) is 4.99 Å². The highest BCUT2D eigenvalue weighted by molar-refractivity contribution is 6.12.